The quantitative estimate of drug-likeness (QED) is 0.443. The second-order valence-corrected chi connectivity index (χ2v) is 9.67. The number of rotatable bonds is 8. The summed E-state index contributed by atoms with van der Waals surface area (Å²) in [6.07, 6.45) is 1.75. The van der Waals surface area contributed by atoms with Gasteiger partial charge in [-0.1, -0.05) is 48.5 Å². The van der Waals surface area contributed by atoms with Crippen LogP contribution in [0.4, 0.5) is 17.1 Å². The molecule has 4 N–H and O–H groups in total. The molecule has 8 heteroatoms. The highest BCUT2D eigenvalue weighted by Gasteiger charge is 2.28. The van der Waals surface area contributed by atoms with Crippen molar-refractivity contribution in [2.45, 2.75) is 6.42 Å². The number of carbonyl (C=O) groups is 1. The van der Waals surface area contributed by atoms with Gasteiger partial charge in [0.05, 0.1) is 23.2 Å². The van der Waals surface area contributed by atoms with Gasteiger partial charge in [-0.05, 0) is 48.9 Å². The molecule has 0 fully saturated rings. The zero-order chi connectivity index (χ0) is 23.4. The molecule has 0 radical (unpaired) electrons. The standard InChI is InChI=1S/C25H26N4O3S/c1-33(31,32)29(17-7-16-26)20-14-12-19(13-15-20)27-24(18-8-3-2-4-9-18)23-21-10-5-6-11-22(21)28-25(23)30/h2-6,8-15,27H,7,16-17,26H2,1H3,(H,28,30). The van der Waals surface area contributed by atoms with Gasteiger partial charge in [-0.25, -0.2) is 8.42 Å². The minimum absolute atomic E-state index is 0.177. The Hall–Kier alpha value is -3.62. The van der Waals surface area contributed by atoms with Crippen LogP contribution in [0.25, 0.3) is 11.3 Å². The van der Waals surface area contributed by atoms with Crippen molar-refractivity contribution in [2.24, 2.45) is 5.73 Å². The summed E-state index contributed by atoms with van der Waals surface area (Å²) >= 11 is 0. The Bertz CT molecular complexity index is 1290. The molecule has 3 aromatic carbocycles. The molecule has 1 amide bonds. The van der Waals surface area contributed by atoms with Crippen molar-refractivity contribution < 1.29 is 13.2 Å². The summed E-state index contributed by atoms with van der Waals surface area (Å²) in [7, 11) is -3.43. The van der Waals surface area contributed by atoms with E-state index in [4.69, 9.17) is 5.73 Å². The topological polar surface area (TPSA) is 105 Å². The first-order valence-electron chi connectivity index (χ1n) is 10.6. The molecule has 1 aliphatic heterocycles. The molecule has 1 aliphatic rings. The van der Waals surface area contributed by atoms with E-state index in [1.807, 2.05) is 54.6 Å². The van der Waals surface area contributed by atoms with Gasteiger partial charge >= 0.3 is 0 Å². The second-order valence-electron chi connectivity index (χ2n) is 7.76. The number of hydrogen-bond acceptors (Lipinski definition) is 5. The van der Waals surface area contributed by atoms with Crippen molar-refractivity contribution in [1.29, 1.82) is 0 Å². The summed E-state index contributed by atoms with van der Waals surface area (Å²) in [4.78, 5) is 12.9. The van der Waals surface area contributed by atoms with Crippen LogP contribution in [0, 0.1) is 0 Å². The first-order chi connectivity index (χ1) is 15.9. The maximum absolute atomic E-state index is 12.9. The van der Waals surface area contributed by atoms with E-state index in [9.17, 15) is 13.2 Å². The number of fused-ring (bicyclic) bond motifs is 1. The first kappa shape index (κ1) is 22.6. The summed E-state index contributed by atoms with van der Waals surface area (Å²) in [6, 6.07) is 24.3. The minimum atomic E-state index is -3.43. The fraction of sp³-hybridized carbons (Fsp3) is 0.160. The molecule has 0 unspecified atom stereocenters. The molecule has 1 heterocycles. The van der Waals surface area contributed by atoms with Crippen molar-refractivity contribution in [3.63, 3.8) is 0 Å². The van der Waals surface area contributed by atoms with Crippen LogP contribution in [0.15, 0.2) is 78.9 Å². The molecule has 0 saturated heterocycles. The van der Waals surface area contributed by atoms with E-state index in [-0.39, 0.29) is 5.91 Å². The highest BCUT2D eigenvalue weighted by molar-refractivity contribution is 7.92. The number of hydrogen-bond donors (Lipinski definition) is 3. The van der Waals surface area contributed by atoms with Gasteiger partial charge in [0.15, 0.2) is 0 Å². The Kier molecular flexibility index (Phi) is 6.48. The van der Waals surface area contributed by atoms with E-state index in [1.165, 1.54) is 10.6 Å². The molecular weight excluding hydrogens is 436 g/mol. The van der Waals surface area contributed by atoms with Crippen molar-refractivity contribution in [2.75, 3.05) is 34.3 Å². The van der Waals surface area contributed by atoms with Crippen LogP contribution in [0.2, 0.25) is 0 Å². The van der Waals surface area contributed by atoms with E-state index in [2.05, 4.69) is 10.6 Å². The number of para-hydroxylation sites is 1. The van der Waals surface area contributed by atoms with Crippen LogP contribution in [-0.2, 0) is 14.8 Å². The van der Waals surface area contributed by atoms with Crippen LogP contribution in [0.5, 0.6) is 0 Å². The van der Waals surface area contributed by atoms with Gasteiger partial charge in [-0.3, -0.25) is 9.10 Å². The number of benzene rings is 3. The zero-order valence-electron chi connectivity index (χ0n) is 18.3. The van der Waals surface area contributed by atoms with E-state index in [1.54, 1.807) is 24.3 Å². The molecule has 0 spiro atoms. The van der Waals surface area contributed by atoms with Crippen molar-refractivity contribution >= 4 is 44.3 Å². The van der Waals surface area contributed by atoms with Gasteiger partial charge in [-0.15, -0.1) is 0 Å². The van der Waals surface area contributed by atoms with Gasteiger partial charge in [-0.2, -0.15) is 0 Å². The number of nitrogens with one attached hydrogen (secondary N) is 2. The fourth-order valence-electron chi connectivity index (χ4n) is 3.83. The van der Waals surface area contributed by atoms with Crippen LogP contribution in [0.1, 0.15) is 17.5 Å². The maximum Gasteiger partial charge on any atom is 0.258 e. The largest absolute Gasteiger partial charge is 0.354 e. The molecule has 0 bridgehead atoms. The van der Waals surface area contributed by atoms with Gasteiger partial charge < -0.3 is 16.4 Å². The highest BCUT2D eigenvalue weighted by Crippen LogP contribution is 2.37. The van der Waals surface area contributed by atoms with Crippen LogP contribution < -0.4 is 20.7 Å². The molecule has 170 valence electrons. The zero-order valence-corrected chi connectivity index (χ0v) is 19.1. The lowest BCUT2D eigenvalue weighted by Gasteiger charge is -2.22. The molecule has 7 nitrogen and oxygen atoms in total. The summed E-state index contributed by atoms with van der Waals surface area (Å²) in [5, 5.41) is 6.31. The molecule has 0 saturated carbocycles. The third-order valence-electron chi connectivity index (χ3n) is 5.37. The predicted molar refractivity (Wildman–Crippen MR) is 134 cm³/mol. The van der Waals surface area contributed by atoms with E-state index >= 15 is 0 Å². The Morgan fingerprint density at radius 2 is 1.64 bits per heavy atom. The molecule has 3 aromatic rings. The van der Waals surface area contributed by atoms with Crippen LogP contribution in [-0.4, -0.2) is 33.7 Å². The minimum Gasteiger partial charge on any atom is -0.354 e. The summed E-state index contributed by atoms with van der Waals surface area (Å²) in [5.74, 6) is -0.177. The SMILES string of the molecule is CS(=O)(=O)N(CCCN)c1ccc(NC(=C2C(=O)Nc3ccccc32)c2ccccc2)cc1. The Labute approximate surface area is 194 Å². The van der Waals surface area contributed by atoms with Gasteiger partial charge in [0.25, 0.3) is 5.91 Å². The number of amides is 1. The van der Waals surface area contributed by atoms with Crippen LogP contribution in [0.3, 0.4) is 0 Å². The number of nitrogens with two attached hydrogens (primary N) is 1. The predicted octanol–water partition coefficient (Wildman–Crippen LogP) is 3.73. The number of nitrogens with zero attached hydrogens (tertiary/aromatic N) is 1. The Balaban J connectivity index is 1.73. The third-order valence-corrected chi connectivity index (χ3v) is 6.57. The maximum atomic E-state index is 12.9. The van der Waals surface area contributed by atoms with Crippen molar-refractivity contribution in [1.82, 2.24) is 0 Å². The normalized spacial score (nSPS) is 14.4. The smallest absolute Gasteiger partial charge is 0.258 e. The first-order valence-corrected chi connectivity index (χ1v) is 12.5. The summed E-state index contributed by atoms with van der Waals surface area (Å²) in [5.41, 5.74) is 10.6. The average Bonchev–Trinajstić information content (AvgIpc) is 3.14. The summed E-state index contributed by atoms with van der Waals surface area (Å²) < 4.78 is 25.8. The fourth-order valence-corrected chi connectivity index (χ4v) is 4.79. The highest BCUT2D eigenvalue weighted by atomic mass is 32.2. The Morgan fingerprint density at radius 1 is 0.970 bits per heavy atom. The number of carbonyl (C=O) groups excluding carboxylic acids is 1. The van der Waals surface area contributed by atoms with E-state index in [0.29, 0.717) is 36.5 Å². The lowest BCUT2D eigenvalue weighted by Crippen LogP contribution is -2.31. The summed E-state index contributed by atoms with van der Waals surface area (Å²) in [6.45, 7) is 0.724. The number of sulfonamides is 1. The monoisotopic (exact) mass is 462 g/mol. The van der Waals surface area contributed by atoms with E-state index < -0.39 is 10.0 Å². The van der Waals surface area contributed by atoms with Crippen LogP contribution >= 0.6 is 0 Å². The van der Waals surface area contributed by atoms with Gasteiger partial charge in [0.1, 0.15) is 0 Å². The lowest BCUT2D eigenvalue weighted by atomic mass is 10.00. The van der Waals surface area contributed by atoms with E-state index in [0.717, 1.165) is 22.5 Å². The van der Waals surface area contributed by atoms with Crippen molar-refractivity contribution in [3.05, 3.63) is 90.0 Å². The molecule has 0 atom stereocenters. The molecule has 4 rings (SSSR count). The molecule has 0 aromatic heterocycles. The Morgan fingerprint density at radius 3 is 2.30 bits per heavy atom. The van der Waals surface area contributed by atoms with Gasteiger partial charge in [0.2, 0.25) is 10.0 Å². The third kappa shape index (κ3) is 4.92. The van der Waals surface area contributed by atoms with Gasteiger partial charge in [0, 0.05) is 23.5 Å². The molecule has 0 aliphatic carbocycles. The second kappa shape index (κ2) is 9.48. The molecule has 33 heavy (non-hydrogen) atoms. The average molecular weight is 463 g/mol. The van der Waals surface area contributed by atoms with Crippen molar-refractivity contribution in [3.8, 4) is 0 Å². The lowest BCUT2D eigenvalue weighted by molar-refractivity contribution is -0.110. The molecular formula is C25H26N4O3S. The number of anilines is 3.